The van der Waals surface area contributed by atoms with E-state index in [9.17, 15) is 18.0 Å². The van der Waals surface area contributed by atoms with Crippen molar-refractivity contribution in [3.63, 3.8) is 0 Å². The maximum atomic E-state index is 12.4. The van der Waals surface area contributed by atoms with E-state index in [1.54, 1.807) is 6.07 Å². The Hall–Kier alpha value is -2.42. The average Bonchev–Trinajstić information content (AvgIpc) is 3.11. The van der Waals surface area contributed by atoms with Gasteiger partial charge < -0.3 is 10.1 Å². The smallest absolute Gasteiger partial charge is 0.309 e. The van der Waals surface area contributed by atoms with E-state index >= 15 is 0 Å². The Morgan fingerprint density at radius 2 is 2.12 bits per heavy atom. The van der Waals surface area contributed by atoms with Crippen LogP contribution in [0.15, 0.2) is 34.2 Å². The standard InChI is InChI=1S/C17H21N3O5S/c1-11-8-14(11)17(22)25-10-16(21)19-12-4-2-5-13(9-12)26(23,24)20-15-6-3-7-18-15/h2,4-5,9,11,14H,3,6-8,10H2,1H3,(H,18,20)(H,19,21)/t11-,14+/m0/s1. The van der Waals surface area contributed by atoms with Gasteiger partial charge in [-0.3, -0.25) is 19.3 Å². The molecule has 9 heteroatoms. The number of esters is 1. The number of carbonyl (C=O) groups excluding carboxylic acids is 2. The van der Waals surface area contributed by atoms with Gasteiger partial charge in [0.25, 0.3) is 15.9 Å². The maximum absolute atomic E-state index is 12.4. The van der Waals surface area contributed by atoms with E-state index in [1.807, 2.05) is 6.92 Å². The van der Waals surface area contributed by atoms with Crippen molar-refractivity contribution >= 4 is 33.4 Å². The number of hydrogen-bond acceptors (Lipinski definition) is 6. The molecule has 1 saturated carbocycles. The van der Waals surface area contributed by atoms with Crippen LogP contribution in [0.1, 0.15) is 26.2 Å². The van der Waals surface area contributed by atoms with Gasteiger partial charge in [0, 0.05) is 18.7 Å². The van der Waals surface area contributed by atoms with Crippen molar-refractivity contribution in [1.82, 2.24) is 4.72 Å². The lowest BCUT2D eigenvalue weighted by atomic mass is 10.3. The summed E-state index contributed by atoms with van der Waals surface area (Å²) in [6, 6.07) is 5.87. The van der Waals surface area contributed by atoms with E-state index < -0.39 is 22.5 Å². The van der Waals surface area contributed by atoms with Gasteiger partial charge in [0.05, 0.1) is 10.8 Å². The van der Waals surface area contributed by atoms with Crippen LogP contribution in [0.5, 0.6) is 0 Å². The predicted octanol–water partition coefficient (Wildman–Crippen LogP) is 1.29. The summed E-state index contributed by atoms with van der Waals surface area (Å²) in [6.45, 7) is 2.17. The van der Waals surface area contributed by atoms with Crippen molar-refractivity contribution in [2.75, 3.05) is 18.5 Å². The van der Waals surface area contributed by atoms with E-state index in [2.05, 4.69) is 15.0 Å². The number of anilines is 1. The zero-order valence-corrected chi connectivity index (χ0v) is 15.2. The predicted molar refractivity (Wildman–Crippen MR) is 95.2 cm³/mol. The van der Waals surface area contributed by atoms with Gasteiger partial charge in [0.2, 0.25) is 0 Å². The van der Waals surface area contributed by atoms with Gasteiger partial charge in [0.15, 0.2) is 6.61 Å². The minimum absolute atomic E-state index is 0.0219. The molecule has 2 atom stereocenters. The van der Waals surface area contributed by atoms with Crippen molar-refractivity contribution in [2.45, 2.75) is 31.1 Å². The van der Waals surface area contributed by atoms with Gasteiger partial charge in [-0.05, 0) is 37.0 Å². The summed E-state index contributed by atoms with van der Waals surface area (Å²) >= 11 is 0. The topological polar surface area (TPSA) is 114 Å². The highest BCUT2D eigenvalue weighted by Gasteiger charge is 2.40. The molecule has 8 nitrogen and oxygen atoms in total. The lowest BCUT2D eigenvalue weighted by Gasteiger charge is -2.10. The van der Waals surface area contributed by atoms with Crippen LogP contribution in [0.4, 0.5) is 5.69 Å². The Bertz CT molecular complexity index is 850. The fourth-order valence-electron chi connectivity index (χ4n) is 2.67. The van der Waals surface area contributed by atoms with E-state index in [0.29, 0.717) is 30.4 Å². The van der Waals surface area contributed by atoms with Crippen LogP contribution in [0.3, 0.4) is 0 Å². The highest BCUT2D eigenvalue weighted by atomic mass is 32.2. The number of aliphatic imine (C=N–C) groups is 1. The van der Waals surface area contributed by atoms with Crippen LogP contribution in [0.2, 0.25) is 0 Å². The van der Waals surface area contributed by atoms with Crippen molar-refractivity contribution in [3.05, 3.63) is 24.3 Å². The molecule has 26 heavy (non-hydrogen) atoms. The molecule has 0 bridgehead atoms. The molecular weight excluding hydrogens is 358 g/mol. The van der Waals surface area contributed by atoms with Crippen molar-refractivity contribution in [3.8, 4) is 0 Å². The maximum Gasteiger partial charge on any atom is 0.309 e. The van der Waals surface area contributed by atoms with E-state index in [0.717, 1.165) is 12.8 Å². The molecule has 2 N–H and O–H groups in total. The lowest BCUT2D eigenvalue weighted by molar-refractivity contribution is -0.148. The molecule has 1 aliphatic carbocycles. The van der Waals surface area contributed by atoms with Crippen LogP contribution in [-0.4, -0.2) is 39.3 Å². The average molecular weight is 379 g/mol. The largest absolute Gasteiger partial charge is 0.455 e. The third-order valence-corrected chi connectivity index (χ3v) is 5.69. The number of amides is 1. The number of amidine groups is 1. The summed E-state index contributed by atoms with van der Waals surface area (Å²) in [5, 5.41) is 2.54. The van der Waals surface area contributed by atoms with E-state index in [4.69, 9.17) is 4.74 Å². The summed E-state index contributed by atoms with van der Waals surface area (Å²) in [5.41, 5.74) is 0.307. The third-order valence-electron chi connectivity index (χ3n) is 4.31. The summed E-state index contributed by atoms with van der Waals surface area (Å²) in [5.74, 6) is -0.245. The SMILES string of the molecule is C[C@H]1C[C@H]1C(=O)OCC(=O)Nc1cccc(S(=O)(=O)NC2=NCCC2)c1. The fraction of sp³-hybridized carbons (Fsp3) is 0.471. The molecule has 0 spiro atoms. The lowest BCUT2D eigenvalue weighted by Crippen LogP contribution is -2.29. The fourth-order valence-corrected chi connectivity index (χ4v) is 3.80. The molecule has 2 aliphatic rings. The van der Waals surface area contributed by atoms with Crippen molar-refractivity contribution in [2.24, 2.45) is 16.8 Å². The second kappa shape index (κ2) is 7.45. The number of rotatable bonds is 6. The monoisotopic (exact) mass is 379 g/mol. The first kappa shape index (κ1) is 18.4. The zero-order chi connectivity index (χ0) is 18.7. The second-order valence-electron chi connectivity index (χ2n) is 6.54. The molecule has 140 valence electrons. The molecule has 3 rings (SSSR count). The molecular formula is C17H21N3O5S. The van der Waals surface area contributed by atoms with Gasteiger partial charge in [-0.25, -0.2) is 8.42 Å². The molecule has 0 aromatic heterocycles. The van der Waals surface area contributed by atoms with E-state index in [1.165, 1.54) is 18.2 Å². The van der Waals surface area contributed by atoms with Crippen LogP contribution in [0, 0.1) is 11.8 Å². The van der Waals surface area contributed by atoms with Gasteiger partial charge >= 0.3 is 5.97 Å². The first-order valence-electron chi connectivity index (χ1n) is 8.48. The van der Waals surface area contributed by atoms with Crippen molar-refractivity contribution in [1.29, 1.82) is 0 Å². The van der Waals surface area contributed by atoms with Crippen LogP contribution in [0.25, 0.3) is 0 Å². The summed E-state index contributed by atoms with van der Waals surface area (Å²) in [7, 11) is -3.75. The summed E-state index contributed by atoms with van der Waals surface area (Å²) in [4.78, 5) is 27.6. The number of sulfonamides is 1. The van der Waals surface area contributed by atoms with Gasteiger partial charge in [0.1, 0.15) is 5.84 Å². The van der Waals surface area contributed by atoms with E-state index in [-0.39, 0.29) is 16.8 Å². The van der Waals surface area contributed by atoms with Crippen LogP contribution >= 0.6 is 0 Å². The van der Waals surface area contributed by atoms with Gasteiger partial charge in [-0.1, -0.05) is 13.0 Å². The first-order chi connectivity index (χ1) is 12.3. The zero-order valence-electron chi connectivity index (χ0n) is 14.4. The Balaban J connectivity index is 1.58. The highest BCUT2D eigenvalue weighted by molar-refractivity contribution is 7.90. The molecule has 1 aromatic rings. The molecule has 1 aliphatic heterocycles. The minimum Gasteiger partial charge on any atom is -0.455 e. The summed E-state index contributed by atoms with van der Waals surface area (Å²) in [6.07, 6.45) is 2.21. The Morgan fingerprint density at radius 1 is 1.35 bits per heavy atom. The number of carbonyl (C=O) groups is 2. The Labute approximate surface area is 152 Å². The molecule has 0 saturated heterocycles. The number of ether oxygens (including phenoxy) is 1. The second-order valence-corrected chi connectivity index (χ2v) is 8.22. The number of nitrogens with one attached hydrogen (secondary N) is 2. The highest BCUT2D eigenvalue weighted by Crippen LogP contribution is 2.38. The minimum atomic E-state index is -3.75. The Morgan fingerprint density at radius 3 is 2.77 bits per heavy atom. The molecule has 1 amide bonds. The quantitative estimate of drug-likeness (QED) is 0.723. The van der Waals surface area contributed by atoms with Gasteiger partial charge in [-0.2, -0.15) is 0 Å². The number of benzene rings is 1. The Kier molecular flexibility index (Phi) is 5.26. The summed E-state index contributed by atoms with van der Waals surface area (Å²) < 4.78 is 32.2. The third kappa shape index (κ3) is 4.60. The van der Waals surface area contributed by atoms with Crippen LogP contribution in [-0.2, 0) is 24.3 Å². The first-order valence-corrected chi connectivity index (χ1v) is 9.96. The van der Waals surface area contributed by atoms with Gasteiger partial charge in [-0.15, -0.1) is 0 Å². The van der Waals surface area contributed by atoms with Crippen LogP contribution < -0.4 is 10.0 Å². The number of hydrogen-bond donors (Lipinski definition) is 2. The molecule has 0 radical (unpaired) electrons. The molecule has 0 unspecified atom stereocenters. The normalized spacial score (nSPS) is 21.7. The number of nitrogens with zero attached hydrogens (tertiary/aromatic N) is 1. The van der Waals surface area contributed by atoms with Crippen molar-refractivity contribution < 1.29 is 22.7 Å². The molecule has 1 fully saturated rings. The molecule has 1 heterocycles. The molecule has 1 aromatic carbocycles.